The van der Waals surface area contributed by atoms with Crippen LogP contribution in [0.4, 0.5) is 0 Å². The summed E-state index contributed by atoms with van der Waals surface area (Å²) >= 11 is 0. The van der Waals surface area contributed by atoms with Gasteiger partial charge in [-0.2, -0.15) is 0 Å². The normalized spacial score (nSPS) is 18.1. The Labute approximate surface area is 156 Å². The Balaban J connectivity index is 1.52. The lowest BCUT2D eigenvalue weighted by atomic mass is 9.72. The second kappa shape index (κ2) is 7.05. The highest BCUT2D eigenvalue weighted by atomic mass is 16.5. The summed E-state index contributed by atoms with van der Waals surface area (Å²) < 4.78 is 5.42. The summed E-state index contributed by atoms with van der Waals surface area (Å²) in [4.78, 5) is 23.9. The molecule has 1 atom stereocenters. The predicted molar refractivity (Wildman–Crippen MR) is 98.8 cm³/mol. The van der Waals surface area contributed by atoms with Crippen LogP contribution in [0.25, 0.3) is 0 Å². The molecule has 0 fully saturated rings. The SMILES string of the molecule is O=C(N[C@H]1Cc2cccc(C(=O)O)c2OB1O)c1ccc2c(c1)CCNC2. The van der Waals surface area contributed by atoms with Gasteiger partial charge in [0.25, 0.3) is 5.91 Å². The van der Waals surface area contributed by atoms with Crippen LogP contribution in [-0.4, -0.2) is 41.6 Å². The van der Waals surface area contributed by atoms with Crippen molar-refractivity contribution in [3.63, 3.8) is 0 Å². The van der Waals surface area contributed by atoms with Gasteiger partial charge < -0.3 is 25.4 Å². The minimum Gasteiger partial charge on any atom is -0.534 e. The number of carboxylic acid groups (broad SMARTS) is 1. The molecule has 2 aliphatic heterocycles. The fourth-order valence-electron chi connectivity index (χ4n) is 3.59. The Morgan fingerprint density at radius 1 is 1.19 bits per heavy atom. The maximum atomic E-state index is 12.6. The number of amides is 1. The molecule has 2 aliphatic rings. The minimum absolute atomic E-state index is 0.000349. The first-order valence-corrected chi connectivity index (χ1v) is 8.86. The number of para-hydroxylation sites is 1. The zero-order valence-corrected chi connectivity index (χ0v) is 14.6. The van der Waals surface area contributed by atoms with Gasteiger partial charge in [0.2, 0.25) is 0 Å². The van der Waals surface area contributed by atoms with Gasteiger partial charge in [0.1, 0.15) is 5.75 Å². The highest BCUT2D eigenvalue weighted by Gasteiger charge is 2.37. The largest absolute Gasteiger partial charge is 0.547 e. The lowest BCUT2D eigenvalue weighted by Crippen LogP contribution is -2.53. The quantitative estimate of drug-likeness (QED) is 0.598. The average molecular weight is 366 g/mol. The highest BCUT2D eigenvalue weighted by molar-refractivity contribution is 6.47. The standard InChI is InChI=1S/C19H19BN2O5/c23-18(13-4-5-14-10-21-7-6-11(14)8-13)22-16-9-12-2-1-3-15(19(24)25)17(12)27-20(16)26/h1-5,8,16,21,26H,6-7,9-10H2,(H,22,23)(H,24,25)/t16-/m0/s1. The first-order chi connectivity index (χ1) is 13.0. The van der Waals surface area contributed by atoms with Crippen molar-refractivity contribution in [3.8, 4) is 5.75 Å². The van der Waals surface area contributed by atoms with E-state index in [2.05, 4.69) is 10.6 Å². The molecule has 1 amide bonds. The zero-order chi connectivity index (χ0) is 19.0. The number of carbonyl (C=O) groups excluding carboxylic acids is 1. The van der Waals surface area contributed by atoms with E-state index in [0.29, 0.717) is 11.1 Å². The molecule has 4 rings (SSSR count). The van der Waals surface area contributed by atoms with E-state index in [4.69, 9.17) is 4.65 Å². The number of hydrogen-bond acceptors (Lipinski definition) is 5. The summed E-state index contributed by atoms with van der Waals surface area (Å²) in [6.45, 7) is 1.69. The molecule has 0 spiro atoms. The van der Waals surface area contributed by atoms with Crippen LogP contribution < -0.4 is 15.3 Å². The van der Waals surface area contributed by atoms with Crippen LogP contribution in [0, 0.1) is 0 Å². The first-order valence-electron chi connectivity index (χ1n) is 8.86. The van der Waals surface area contributed by atoms with Gasteiger partial charge in [0, 0.05) is 12.1 Å². The molecule has 2 aromatic carbocycles. The summed E-state index contributed by atoms with van der Waals surface area (Å²) in [7, 11) is -1.32. The highest BCUT2D eigenvalue weighted by Crippen LogP contribution is 2.30. The van der Waals surface area contributed by atoms with Crippen LogP contribution in [0.15, 0.2) is 36.4 Å². The topological polar surface area (TPSA) is 108 Å². The Kier molecular flexibility index (Phi) is 4.59. The summed E-state index contributed by atoms with van der Waals surface area (Å²) in [5, 5.41) is 25.6. The van der Waals surface area contributed by atoms with Crippen molar-refractivity contribution in [2.24, 2.45) is 0 Å². The number of carbonyl (C=O) groups is 2. The third-order valence-corrected chi connectivity index (χ3v) is 5.02. The van der Waals surface area contributed by atoms with Gasteiger partial charge in [-0.3, -0.25) is 4.79 Å². The van der Waals surface area contributed by atoms with Crippen molar-refractivity contribution >= 4 is 19.0 Å². The fraction of sp³-hybridized carbons (Fsp3) is 0.263. The van der Waals surface area contributed by atoms with E-state index in [0.717, 1.165) is 25.1 Å². The first kappa shape index (κ1) is 17.6. The van der Waals surface area contributed by atoms with Crippen molar-refractivity contribution < 1.29 is 24.4 Å². The van der Waals surface area contributed by atoms with E-state index in [1.807, 2.05) is 12.1 Å². The lowest BCUT2D eigenvalue weighted by Gasteiger charge is -2.29. The molecule has 138 valence electrons. The van der Waals surface area contributed by atoms with E-state index in [9.17, 15) is 19.7 Å². The summed E-state index contributed by atoms with van der Waals surface area (Å²) in [5.41, 5.74) is 3.52. The maximum Gasteiger partial charge on any atom is 0.547 e. The molecule has 0 unspecified atom stereocenters. The fourth-order valence-corrected chi connectivity index (χ4v) is 3.59. The van der Waals surface area contributed by atoms with Crippen LogP contribution in [0.3, 0.4) is 0 Å². The van der Waals surface area contributed by atoms with Gasteiger partial charge in [0.15, 0.2) is 0 Å². The van der Waals surface area contributed by atoms with Crippen molar-refractivity contribution in [2.45, 2.75) is 25.3 Å². The van der Waals surface area contributed by atoms with E-state index >= 15 is 0 Å². The van der Waals surface area contributed by atoms with Crippen LogP contribution in [0.1, 0.15) is 37.4 Å². The smallest absolute Gasteiger partial charge is 0.534 e. The van der Waals surface area contributed by atoms with Gasteiger partial charge in [-0.15, -0.1) is 0 Å². The molecule has 0 saturated carbocycles. The van der Waals surface area contributed by atoms with Gasteiger partial charge in [0.05, 0.1) is 11.5 Å². The number of carboxylic acids is 1. The van der Waals surface area contributed by atoms with Crippen molar-refractivity contribution in [1.29, 1.82) is 0 Å². The predicted octanol–water partition coefficient (Wildman–Crippen LogP) is 0.784. The zero-order valence-electron chi connectivity index (χ0n) is 14.6. The minimum atomic E-state index is -1.32. The van der Waals surface area contributed by atoms with Crippen molar-refractivity contribution in [3.05, 3.63) is 64.2 Å². The molecule has 7 nitrogen and oxygen atoms in total. The number of fused-ring (bicyclic) bond motifs is 2. The summed E-state index contributed by atoms with van der Waals surface area (Å²) in [6.07, 6.45) is 1.16. The molecule has 2 heterocycles. The van der Waals surface area contributed by atoms with E-state index in [-0.39, 0.29) is 23.6 Å². The number of aromatic carboxylic acids is 1. The van der Waals surface area contributed by atoms with Crippen molar-refractivity contribution in [1.82, 2.24) is 10.6 Å². The van der Waals surface area contributed by atoms with E-state index < -0.39 is 19.0 Å². The number of benzene rings is 2. The monoisotopic (exact) mass is 366 g/mol. The van der Waals surface area contributed by atoms with Crippen LogP contribution in [0.2, 0.25) is 0 Å². The molecule has 0 saturated heterocycles. The van der Waals surface area contributed by atoms with Crippen molar-refractivity contribution in [2.75, 3.05) is 6.54 Å². The summed E-state index contributed by atoms with van der Waals surface area (Å²) in [5.74, 6) is -1.91. The third-order valence-electron chi connectivity index (χ3n) is 5.02. The summed E-state index contributed by atoms with van der Waals surface area (Å²) in [6, 6.07) is 10.4. The van der Waals surface area contributed by atoms with Gasteiger partial charge in [-0.1, -0.05) is 18.2 Å². The molecule has 0 aromatic heterocycles. The Hall–Kier alpha value is -2.84. The molecule has 0 radical (unpaired) electrons. The molecular weight excluding hydrogens is 347 g/mol. The maximum absolute atomic E-state index is 12.6. The molecular formula is C19H19BN2O5. The molecule has 8 heteroatoms. The van der Waals surface area contributed by atoms with Gasteiger partial charge >= 0.3 is 13.1 Å². The Morgan fingerprint density at radius 2 is 2.04 bits per heavy atom. The number of nitrogens with one attached hydrogen (secondary N) is 2. The Bertz CT molecular complexity index is 917. The second-order valence-corrected chi connectivity index (χ2v) is 6.80. The molecule has 2 aromatic rings. The lowest BCUT2D eigenvalue weighted by molar-refractivity contribution is 0.0693. The molecule has 4 N–H and O–H groups in total. The van der Waals surface area contributed by atoms with E-state index in [1.165, 1.54) is 11.6 Å². The van der Waals surface area contributed by atoms with Crippen LogP contribution >= 0.6 is 0 Å². The van der Waals surface area contributed by atoms with Gasteiger partial charge in [-0.25, -0.2) is 4.79 Å². The van der Waals surface area contributed by atoms with E-state index in [1.54, 1.807) is 18.2 Å². The van der Waals surface area contributed by atoms with Gasteiger partial charge in [-0.05, 0) is 54.3 Å². The third kappa shape index (κ3) is 3.41. The molecule has 27 heavy (non-hydrogen) atoms. The Morgan fingerprint density at radius 3 is 2.85 bits per heavy atom. The molecule has 0 aliphatic carbocycles. The number of hydrogen-bond donors (Lipinski definition) is 4. The molecule has 0 bridgehead atoms. The van der Waals surface area contributed by atoms with Crippen LogP contribution in [0.5, 0.6) is 5.75 Å². The number of rotatable bonds is 3. The van der Waals surface area contributed by atoms with Crippen LogP contribution in [-0.2, 0) is 19.4 Å². The average Bonchev–Trinajstić information content (AvgIpc) is 2.67. The second-order valence-electron chi connectivity index (χ2n) is 6.80.